The molecule has 0 spiro atoms. The number of hydrogen-bond acceptors (Lipinski definition) is 8. The number of amides is 1. The van der Waals surface area contributed by atoms with E-state index >= 15 is 0 Å². The molecule has 1 atom stereocenters. The molecule has 1 amide bonds. The normalized spacial score (nSPS) is 17.6. The average Bonchev–Trinajstić information content (AvgIpc) is 3.06. The van der Waals surface area contributed by atoms with Crippen molar-refractivity contribution in [1.82, 2.24) is 4.90 Å². The number of nitro groups is 1. The minimum atomic E-state index is -0.933. The third kappa shape index (κ3) is 4.61. The molecule has 2 N–H and O–H groups in total. The first-order valence-electron chi connectivity index (χ1n) is 9.74. The van der Waals surface area contributed by atoms with Crippen molar-refractivity contribution in [2.45, 2.75) is 6.04 Å². The van der Waals surface area contributed by atoms with Crippen LogP contribution in [0.25, 0.3) is 5.76 Å². The highest BCUT2D eigenvalue weighted by Crippen LogP contribution is 2.40. The molecule has 10 heteroatoms. The van der Waals surface area contributed by atoms with Gasteiger partial charge in [-0.05, 0) is 17.7 Å². The van der Waals surface area contributed by atoms with Gasteiger partial charge >= 0.3 is 0 Å². The lowest BCUT2D eigenvalue weighted by atomic mass is 9.95. The highest BCUT2D eigenvalue weighted by molar-refractivity contribution is 6.46. The number of aliphatic hydroxyl groups excluding tert-OH is 2. The number of non-ortho nitro benzene ring substituents is 1. The second kappa shape index (κ2) is 10.0. The Morgan fingerprint density at radius 2 is 1.88 bits per heavy atom. The summed E-state index contributed by atoms with van der Waals surface area (Å²) in [5.41, 5.74) is 0.149. The maximum atomic E-state index is 12.9. The zero-order valence-electron chi connectivity index (χ0n) is 17.3. The molecule has 1 aliphatic heterocycles. The molecule has 1 fully saturated rings. The number of carbonyl (C=O) groups is 2. The van der Waals surface area contributed by atoms with Gasteiger partial charge in [-0.3, -0.25) is 19.7 Å². The van der Waals surface area contributed by atoms with Gasteiger partial charge in [0.1, 0.15) is 11.5 Å². The smallest absolute Gasteiger partial charge is 0.295 e. The van der Waals surface area contributed by atoms with E-state index in [0.717, 1.165) is 6.07 Å². The maximum Gasteiger partial charge on any atom is 0.295 e. The van der Waals surface area contributed by atoms with Gasteiger partial charge in [-0.1, -0.05) is 24.3 Å². The Kier molecular flexibility index (Phi) is 7.18. The zero-order valence-corrected chi connectivity index (χ0v) is 17.3. The van der Waals surface area contributed by atoms with E-state index in [-0.39, 0.29) is 43.2 Å². The molecule has 10 nitrogen and oxygen atoms in total. The lowest BCUT2D eigenvalue weighted by Gasteiger charge is -2.25. The molecule has 0 aromatic heterocycles. The van der Waals surface area contributed by atoms with Gasteiger partial charge in [0.2, 0.25) is 0 Å². The van der Waals surface area contributed by atoms with Crippen LogP contribution in [0.5, 0.6) is 5.75 Å². The fraction of sp³-hybridized carbons (Fsp3) is 0.273. The zero-order chi connectivity index (χ0) is 23.3. The fourth-order valence-electron chi connectivity index (χ4n) is 3.50. The summed E-state index contributed by atoms with van der Waals surface area (Å²) in [5, 5.41) is 30.9. The predicted molar refractivity (Wildman–Crippen MR) is 113 cm³/mol. The summed E-state index contributed by atoms with van der Waals surface area (Å²) in [4.78, 5) is 37.5. The van der Waals surface area contributed by atoms with E-state index < -0.39 is 28.4 Å². The number of benzene rings is 2. The molecule has 0 saturated carbocycles. The van der Waals surface area contributed by atoms with Crippen molar-refractivity contribution in [3.05, 3.63) is 75.3 Å². The molecule has 2 aromatic carbocycles. The van der Waals surface area contributed by atoms with Gasteiger partial charge in [-0.2, -0.15) is 0 Å². The van der Waals surface area contributed by atoms with E-state index in [9.17, 15) is 24.8 Å². The molecule has 0 bridgehead atoms. The standard InChI is InChI=1S/C22H22N2O8/c1-31-17-7-5-14(6-8-17)19-18(20(26)15-3-2-4-16(13-15)24(29)30)21(27)22(28)23(19)9-11-32-12-10-25/h2-8,13,19,25-26H,9-12H2,1H3/t19-/m0/s1. The van der Waals surface area contributed by atoms with Crippen molar-refractivity contribution < 1.29 is 34.2 Å². The molecule has 0 radical (unpaired) electrons. The van der Waals surface area contributed by atoms with Crippen LogP contribution in [-0.4, -0.2) is 65.2 Å². The van der Waals surface area contributed by atoms with Gasteiger partial charge < -0.3 is 24.6 Å². The van der Waals surface area contributed by atoms with Gasteiger partial charge in [-0.15, -0.1) is 0 Å². The topological polar surface area (TPSA) is 139 Å². The van der Waals surface area contributed by atoms with E-state index in [1.807, 2.05) is 0 Å². The van der Waals surface area contributed by atoms with Crippen LogP contribution >= 0.6 is 0 Å². The van der Waals surface area contributed by atoms with E-state index in [4.69, 9.17) is 14.6 Å². The third-order valence-electron chi connectivity index (χ3n) is 5.01. The Balaban J connectivity index is 2.09. The third-order valence-corrected chi connectivity index (χ3v) is 5.01. The van der Waals surface area contributed by atoms with Crippen LogP contribution in [0.4, 0.5) is 5.69 Å². The maximum absolute atomic E-state index is 12.9. The van der Waals surface area contributed by atoms with Crippen LogP contribution in [-0.2, 0) is 14.3 Å². The van der Waals surface area contributed by atoms with Crippen LogP contribution in [0.15, 0.2) is 54.1 Å². The molecule has 1 heterocycles. The molecule has 1 saturated heterocycles. The van der Waals surface area contributed by atoms with Gasteiger partial charge in [0, 0.05) is 24.2 Å². The summed E-state index contributed by atoms with van der Waals surface area (Å²) >= 11 is 0. The van der Waals surface area contributed by atoms with Crippen molar-refractivity contribution in [3.63, 3.8) is 0 Å². The first-order chi connectivity index (χ1) is 15.4. The number of methoxy groups -OCH3 is 1. The Labute approximate surface area is 183 Å². The van der Waals surface area contributed by atoms with Crippen LogP contribution in [0.2, 0.25) is 0 Å². The minimum Gasteiger partial charge on any atom is -0.507 e. The SMILES string of the molecule is COc1ccc([C@H]2C(=C(O)c3cccc([N+](=O)[O-])c3)C(=O)C(=O)N2CCOCCO)cc1. The van der Waals surface area contributed by atoms with E-state index in [1.54, 1.807) is 24.3 Å². The number of rotatable bonds is 9. The average molecular weight is 442 g/mol. The number of Topliss-reactive ketones (excluding diaryl/α,β-unsaturated/α-hetero) is 1. The second-order valence-electron chi connectivity index (χ2n) is 6.91. The number of ether oxygens (including phenoxy) is 2. The van der Waals surface area contributed by atoms with Crippen LogP contribution < -0.4 is 4.74 Å². The number of hydrogen-bond donors (Lipinski definition) is 2. The molecule has 3 rings (SSSR count). The highest BCUT2D eigenvalue weighted by Gasteiger charge is 2.46. The number of ketones is 1. The first kappa shape index (κ1) is 22.9. The van der Waals surface area contributed by atoms with Crippen molar-refractivity contribution in [2.75, 3.05) is 33.5 Å². The van der Waals surface area contributed by atoms with Gasteiger partial charge in [0.05, 0.1) is 43.5 Å². The Morgan fingerprint density at radius 1 is 1.16 bits per heavy atom. The molecule has 1 aliphatic rings. The summed E-state index contributed by atoms with van der Waals surface area (Å²) in [6.07, 6.45) is 0. The second-order valence-corrected chi connectivity index (χ2v) is 6.91. The summed E-state index contributed by atoms with van der Waals surface area (Å²) < 4.78 is 10.4. The largest absolute Gasteiger partial charge is 0.507 e. The van der Waals surface area contributed by atoms with Crippen molar-refractivity contribution in [3.8, 4) is 5.75 Å². The minimum absolute atomic E-state index is 0.0347. The quantitative estimate of drug-likeness (QED) is 0.150. The number of nitrogens with zero attached hydrogens (tertiary/aromatic N) is 2. The van der Waals surface area contributed by atoms with Crippen LogP contribution in [0.1, 0.15) is 17.2 Å². The van der Waals surface area contributed by atoms with Gasteiger partial charge in [0.15, 0.2) is 0 Å². The van der Waals surface area contributed by atoms with E-state index in [0.29, 0.717) is 11.3 Å². The number of nitro benzene ring substituents is 1. The van der Waals surface area contributed by atoms with Crippen molar-refractivity contribution >= 4 is 23.1 Å². The summed E-state index contributed by atoms with van der Waals surface area (Å²) in [5.74, 6) is -1.68. The summed E-state index contributed by atoms with van der Waals surface area (Å²) in [7, 11) is 1.50. The molecule has 2 aromatic rings. The van der Waals surface area contributed by atoms with Crippen LogP contribution in [0.3, 0.4) is 0 Å². The predicted octanol–water partition coefficient (Wildman–Crippen LogP) is 2.03. The lowest BCUT2D eigenvalue weighted by Crippen LogP contribution is -2.33. The molecular weight excluding hydrogens is 420 g/mol. The Bertz CT molecular complexity index is 1050. The first-order valence-corrected chi connectivity index (χ1v) is 9.74. The van der Waals surface area contributed by atoms with Crippen molar-refractivity contribution in [1.29, 1.82) is 0 Å². The summed E-state index contributed by atoms with van der Waals surface area (Å²) in [6, 6.07) is 10.9. The number of aliphatic hydroxyl groups is 2. The molecule has 0 unspecified atom stereocenters. The highest BCUT2D eigenvalue weighted by atomic mass is 16.6. The lowest BCUT2D eigenvalue weighted by molar-refractivity contribution is -0.384. The van der Waals surface area contributed by atoms with E-state index in [2.05, 4.69) is 0 Å². The molecule has 0 aliphatic carbocycles. The van der Waals surface area contributed by atoms with Crippen molar-refractivity contribution in [2.24, 2.45) is 0 Å². The molecular formula is C22H22N2O8. The number of carbonyl (C=O) groups excluding carboxylic acids is 2. The Morgan fingerprint density at radius 3 is 2.50 bits per heavy atom. The van der Waals surface area contributed by atoms with E-state index in [1.165, 1.54) is 30.2 Å². The van der Waals surface area contributed by atoms with Gasteiger partial charge in [0.25, 0.3) is 17.4 Å². The summed E-state index contributed by atoms with van der Waals surface area (Å²) in [6.45, 7) is -0.0115. The van der Waals surface area contributed by atoms with Crippen LogP contribution in [0, 0.1) is 10.1 Å². The number of likely N-dealkylation sites (tertiary alicyclic amines) is 1. The fourth-order valence-corrected chi connectivity index (χ4v) is 3.50. The molecule has 168 valence electrons. The van der Waals surface area contributed by atoms with Gasteiger partial charge in [-0.25, -0.2) is 0 Å². The molecule has 32 heavy (non-hydrogen) atoms. The monoisotopic (exact) mass is 442 g/mol. The Hall–Kier alpha value is -3.76.